The summed E-state index contributed by atoms with van der Waals surface area (Å²) in [6.07, 6.45) is 3.52. The number of carbonyl (C=O) groups is 1. The zero-order valence-electron chi connectivity index (χ0n) is 10.8. The predicted octanol–water partition coefficient (Wildman–Crippen LogP) is 1.20. The van der Waals surface area contributed by atoms with Gasteiger partial charge < -0.3 is 15.4 Å². The van der Waals surface area contributed by atoms with E-state index in [1.165, 1.54) is 16.9 Å². The number of carbonyl (C=O) groups excluding carboxylic acids is 1. The first kappa shape index (κ1) is 13.5. The van der Waals surface area contributed by atoms with Crippen molar-refractivity contribution in [1.29, 1.82) is 0 Å². The molecular formula is C13H20N2O2S. The number of rotatable bonds is 7. The summed E-state index contributed by atoms with van der Waals surface area (Å²) in [6.45, 7) is 2.95. The van der Waals surface area contributed by atoms with E-state index in [1.54, 1.807) is 18.4 Å². The Morgan fingerprint density at radius 1 is 1.39 bits per heavy atom. The van der Waals surface area contributed by atoms with Gasteiger partial charge in [-0.2, -0.15) is 0 Å². The van der Waals surface area contributed by atoms with E-state index in [2.05, 4.69) is 16.7 Å². The first-order valence-electron chi connectivity index (χ1n) is 6.40. The van der Waals surface area contributed by atoms with Gasteiger partial charge in [-0.1, -0.05) is 0 Å². The maximum absolute atomic E-state index is 11.9. The molecular weight excluding hydrogens is 248 g/mol. The van der Waals surface area contributed by atoms with Gasteiger partial charge in [0.15, 0.2) is 0 Å². The Kier molecular flexibility index (Phi) is 5.16. The minimum absolute atomic E-state index is 0.0583. The van der Waals surface area contributed by atoms with Gasteiger partial charge in [0, 0.05) is 31.6 Å². The molecule has 0 aliphatic heterocycles. The Bertz CT molecular complexity index is 382. The SMILES string of the molecule is COCCNCCNC(=O)c1cc2c(s1)CCC2. The van der Waals surface area contributed by atoms with Crippen LogP contribution in [0.5, 0.6) is 0 Å². The van der Waals surface area contributed by atoms with Crippen molar-refractivity contribution in [2.45, 2.75) is 19.3 Å². The van der Waals surface area contributed by atoms with Gasteiger partial charge in [-0.3, -0.25) is 4.79 Å². The largest absolute Gasteiger partial charge is 0.383 e. The van der Waals surface area contributed by atoms with Crippen molar-refractivity contribution in [3.8, 4) is 0 Å². The van der Waals surface area contributed by atoms with Crippen LogP contribution in [-0.2, 0) is 17.6 Å². The summed E-state index contributed by atoms with van der Waals surface area (Å²) in [4.78, 5) is 14.1. The highest BCUT2D eigenvalue weighted by Gasteiger charge is 2.17. The zero-order valence-corrected chi connectivity index (χ0v) is 11.6. The second-order valence-electron chi connectivity index (χ2n) is 4.41. The summed E-state index contributed by atoms with van der Waals surface area (Å²) in [5.41, 5.74) is 1.38. The normalized spacial score (nSPS) is 13.6. The summed E-state index contributed by atoms with van der Waals surface area (Å²) >= 11 is 1.65. The number of amides is 1. The molecule has 0 saturated heterocycles. The third-order valence-corrected chi connectivity index (χ3v) is 4.28. The van der Waals surface area contributed by atoms with Crippen molar-refractivity contribution in [1.82, 2.24) is 10.6 Å². The Labute approximate surface area is 112 Å². The van der Waals surface area contributed by atoms with Crippen LogP contribution in [-0.4, -0.2) is 39.3 Å². The van der Waals surface area contributed by atoms with E-state index in [-0.39, 0.29) is 5.91 Å². The molecule has 0 saturated carbocycles. The number of fused-ring (bicyclic) bond motifs is 1. The zero-order chi connectivity index (χ0) is 12.8. The summed E-state index contributed by atoms with van der Waals surface area (Å²) in [5.74, 6) is 0.0583. The molecule has 1 heterocycles. The number of methoxy groups -OCH3 is 1. The first-order valence-corrected chi connectivity index (χ1v) is 7.22. The average Bonchev–Trinajstić information content (AvgIpc) is 2.93. The lowest BCUT2D eigenvalue weighted by Crippen LogP contribution is -2.32. The topological polar surface area (TPSA) is 50.4 Å². The Balaban J connectivity index is 1.68. The lowest BCUT2D eigenvalue weighted by Gasteiger charge is -2.05. The lowest BCUT2D eigenvalue weighted by molar-refractivity contribution is 0.0957. The molecule has 0 radical (unpaired) electrons. The van der Waals surface area contributed by atoms with E-state index in [0.29, 0.717) is 13.2 Å². The van der Waals surface area contributed by atoms with E-state index in [0.717, 1.165) is 30.8 Å². The molecule has 2 N–H and O–H groups in total. The quantitative estimate of drug-likeness (QED) is 0.731. The molecule has 2 rings (SSSR count). The number of ether oxygens (including phenoxy) is 1. The molecule has 0 fully saturated rings. The van der Waals surface area contributed by atoms with Crippen LogP contribution in [0.25, 0.3) is 0 Å². The van der Waals surface area contributed by atoms with Gasteiger partial charge in [-0.15, -0.1) is 11.3 Å². The minimum atomic E-state index is 0.0583. The summed E-state index contributed by atoms with van der Waals surface area (Å²) in [6, 6.07) is 2.06. The molecule has 0 spiro atoms. The van der Waals surface area contributed by atoms with Gasteiger partial charge in [0.1, 0.15) is 0 Å². The fraction of sp³-hybridized carbons (Fsp3) is 0.615. The van der Waals surface area contributed by atoms with Crippen LogP contribution >= 0.6 is 11.3 Å². The molecule has 0 unspecified atom stereocenters. The van der Waals surface area contributed by atoms with Gasteiger partial charge in [-0.25, -0.2) is 0 Å². The van der Waals surface area contributed by atoms with Crippen molar-refractivity contribution in [3.63, 3.8) is 0 Å². The average molecular weight is 268 g/mol. The number of thiophene rings is 1. The molecule has 1 aliphatic rings. The molecule has 4 nitrogen and oxygen atoms in total. The molecule has 100 valence electrons. The van der Waals surface area contributed by atoms with Crippen LogP contribution in [0.1, 0.15) is 26.5 Å². The number of aryl methyl sites for hydroxylation is 2. The number of hydrogen-bond acceptors (Lipinski definition) is 4. The standard InChI is InChI=1S/C13H20N2O2S/c1-17-8-7-14-5-6-15-13(16)12-9-10-3-2-4-11(10)18-12/h9,14H,2-8H2,1H3,(H,15,16). The van der Waals surface area contributed by atoms with Crippen molar-refractivity contribution in [3.05, 3.63) is 21.4 Å². The first-order chi connectivity index (χ1) is 8.81. The number of nitrogens with one attached hydrogen (secondary N) is 2. The maximum Gasteiger partial charge on any atom is 0.261 e. The maximum atomic E-state index is 11.9. The molecule has 1 amide bonds. The van der Waals surface area contributed by atoms with Crippen LogP contribution in [0.2, 0.25) is 0 Å². The molecule has 0 atom stereocenters. The molecule has 1 aliphatic carbocycles. The predicted molar refractivity (Wildman–Crippen MR) is 73.4 cm³/mol. The van der Waals surface area contributed by atoms with Crippen LogP contribution in [0.4, 0.5) is 0 Å². The van der Waals surface area contributed by atoms with E-state index in [4.69, 9.17) is 4.74 Å². The third-order valence-electron chi connectivity index (χ3n) is 3.04. The van der Waals surface area contributed by atoms with Crippen LogP contribution < -0.4 is 10.6 Å². The van der Waals surface area contributed by atoms with Crippen LogP contribution in [0, 0.1) is 0 Å². The Hall–Kier alpha value is -0.910. The van der Waals surface area contributed by atoms with E-state index in [1.807, 2.05) is 0 Å². The van der Waals surface area contributed by atoms with Gasteiger partial charge in [-0.05, 0) is 30.9 Å². The van der Waals surface area contributed by atoms with Crippen LogP contribution in [0.3, 0.4) is 0 Å². The Morgan fingerprint density at radius 2 is 2.28 bits per heavy atom. The molecule has 18 heavy (non-hydrogen) atoms. The summed E-state index contributed by atoms with van der Waals surface area (Å²) in [5, 5.41) is 6.13. The highest BCUT2D eigenvalue weighted by Crippen LogP contribution is 2.30. The Morgan fingerprint density at radius 3 is 3.06 bits per heavy atom. The van der Waals surface area contributed by atoms with Gasteiger partial charge >= 0.3 is 0 Å². The smallest absolute Gasteiger partial charge is 0.261 e. The van der Waals surface area contributed by atoms with Gasteiger partial charge in [0.25, 0.3) is 5.91 Å². The monoisotopic (exact) mass is 268 g/mol. The van der Waals surface area contributed by atoms with Gasteiger partial charge in [0.05, 0.1) is 11.5 Å². The van der Waals surface area contributed by atoms with E-state index >= 15 is 0 Å². The van der Waals surface area contributed by atoms with Crippen molar-refractivity contribution >= 4 is 17.2 Å². The van der Waals surface area contributed by atoms with Crippen molar-refractivity contribution in [2.75, 3.05) is 33.4 Å². The van der Waals surface area contributed by atoms with E-state index < -0.39 is 0 Å². The summed E-state index contributed by atoms with van der Waals surface area (Å²) < 4.78 is 4.93. The second kappa shape index (κ2) is 6.87. The molecule has 5 heteroatoms. The number of hydrogen-bond donors (Lipinski definition) is 2. The summed E-state index contributed by atoms with van der Waals surface area (Å²) in [7, 11) is 1.68. The third kappa shape index (κ3) is 3.54. The van der Waals surface area contributed by atoms with Gasteiger partial charge in [0.2, 0.25) is 0 Å². The minimum Gasteiger partial charge on any atom is -0.383 e. The lowest BCUT2D eigenvalue weighted by atomic mass is 10.2. The fourth-order valence-corrected chi connectivity index (χ4v) is 3.26. The van der Waals surface area contributed by atoms with Crippen molar-refractivity contribution in [2.24, 2.45) is 0 Å². The molecule has 1 aromatic heterocycles. The molecule has 0 aromatic carbocycles. The highest BCUT2D eigenvalue weighted by atomic mass is 32.1. The van der Waals surface area contributed by atoms with Crippen LogP contribution in [0.15, 0.2) is 6.07 Å². The van der Waals surface area contributed by atoms with E-state index in [9.17, 15) is 4.79 Å². The second-order valence-corrected chi connectivity index (χ2v) is 5.55. The highest BCUT2D eigenvalue weighted by molar-refractivity contribution is 7.14. The molecule has 1 aromatic rings. The molecule has 0 bridgehead atoms. The fourth-order valence-electron chi connectivity index (χ4n) is 2.09. The van der Waals surface area contributed by atoms with Crippen molar-refractivity contribution < 1.29 is 9.53 Å².